The van der Waals surface area contributed by atoms with Gasteiger partial charge in [-0.25, -0.2) is 4.98 Å². The molecule has 1 amide bonds. The van der Waals surface area contributed by atoms with Gasteiger partial charge in [0.25, 0.3) is 11.6 Å². The fourth-order valence-electron chi connectivity index (χ4n) is 1.73. The van der Waals surface area contributed by atoms with Crippen LogP contribution in [0.4, 0.5) is 18.9 Å². The maximum absolute atomic E-state index is 12.5. The van der Waals surface area contributed by atoms with Crippen molar-refractivity contribution in [1.29, 1.82) is 0 Å². The van der Waals surface area contributed by atoms with Gasteiger partial charge in [0.1, 0.15) is 5.01 Å². The van der Waals surface area contributed by atoms with Crippen molar-refractivity contribution in [3.8, 4) is 0 Å². The van der Waals surface area contributed by atoms with Gasteiger partial charge in [-0.15, -0.1) is 11.3 Å². The SMILES string of the molecule is CN(Cc1nc(C(F)(F)F)cs1)C(=O)c1ccc([N+](=O)[O-])cc1. The zero-order valence-corrected chi connectivity index (χ0v) is 12.5. The molecule has 1 heterocycles. The van der Waals surface area contributed by atoms with Crippen molar-refractivity contribution in [1.82, 2.24) is 9.88 Å². The van der Waals surface area contributed by atoms with Crippen LogP contribution in [-0.4, -0.2) is 27.8 Å². The Morgan fingerprint density at radius 3 is 2.43 bits per heavy atom. The van der Waals surface area contributed by atoms with Gasteiger partial charge >= 0.3 is 6.18 Å². The van der Waals surface area contributed by atoms with E-state index in [0.717, 1.165) is 16.7 Å². The Morgan fingerprint density at radius 1 is 1.35 bits per heavy atom. The van der Waals surface area contributed by atoms with E-state index >= 15 is 0 Å². The van der Waals surface area contributed by atoms with E-state index < -0.39 is 22.7 Å². The van der Waals surface area contributed by atoms with E-state index in [2.05, 4.69) is 4.98 Å². The minimum atomic E-state index is -4.52. The Morgan fingerprint density at radius 2 is 1.96 bits per heavy atom. The number of benzene rings is 1. The molecule has 2 rings (SSSR count). The lowest BCUT2D eigenvalue weighted by atomic mass is 10.2. The van der Waals surface area contributed by atoms with Crippen LogP contribution in [0.25, 0.3) is 0 Å². The summed E-state index contributed by atoms with van der Waals surface area (Å²) in [5.74, 6) is -0.469. The number of non-ortho nitro benzene ring substituents is 1. The van der Waals surface area contributed by atoms with Crippen molar-refractivity contribution in [3.05, 3.63) is 56.0 Å². The average molecular weight is 345 g/mol. The zero-order valence-electron chi connectivity index (χ0n) is 11.7. The molecule has 0 bridgehead atoms. The summed E-state index contributed by atoms with van der Waals surface area (Å²) in [5, 5.41) is 11.6. The van der Waals surface area contributed by atoms with Crippen molar-refractivity contribution in [2.24, 2.45) is 0 Å². The van der Waals surface area contributed by atoms with Gasteiger partial charge in [0.2, 0.25) is 0 Å². The molecule has 0 fully saturated rings. The lowest BCUT2D eigenvalue weighted by Crippen LogP contribution is -2.26. The summed E-state index contributed by atoms with van der Waals surface area (Å²) in [6, 6.07) is 4.96. The van der Waals surface area contributed by atoms with Gasteiger partial charge in [-0.05, 0) is 12.1 Å². The monoisotopic (exact) mass is 345 g/mol. The number of halogens is 3. The fourth-order valence-corrected chi connectivity index (χ4v) is 2.59. The van der Waals surface area contributed by atoms with Gasteiger partial charge in [0.05, 0.1) is 11.5 Å². The molecule has 0 aliphatic carbocycles. The highest BCUT2D eigenvalue weighted by Crippen LogP contribution is 2.30. The highest BCUT2D eigenvalue weighted by molar-refractivity contribution is 7.09. The molecule has 0 saturated carbocycles. The molecule has 0 unspecified atom stereocenters. The second-order valence-corrected chi connectivity index (χ2v) is 5.53. The molecule has 23 heavy (non-hydrogen) atoms. The molecule has 0 radical (unpaired) electrons. The quantitative estimate of drug-likeness (QED) is 0.629. The van der Waals surface area contributed by atoms with Crippen LogP contribution in [0.2, 0.25) is 0 Å². The standard InChI is InChI=1S/C13H10F3N3O3S/c1-18(6-11-17-10(7-23-11)13(14,15)16)12(20)8-2-4-9(5-3-8)19(21)22/h2-5,7H,6H2,1H3. The van der Waals surface area contributed by atoms with E-state index in [-0.39, 0.29) is 22.8 Å². The normalized spacial score (nSPS) is 11.3. The van der Waals surface area contributed by atoms with Crippen LogP contribution < -0.4 is 0 Å². The Hall–Kier alpha value is -2.49. The predicted molar refractivity (Wildman–Crippen MR) is 76.0 cm³/mol. The lowest BCUT2D eigenvalue weighted by molar-refractivity contribution is -0.384. The number of hydrogen-bond donors (Lipinski definition) is 0. The zero-order chi connectivity index (χ0) is 17.2. The molecule has 122 valence electrons. The number of thiazole rings is 1. The minimum absolute atomic E-state index is 0.0867. The van der Waals surface area contributed by atoms with Crippen molar-refractivity contribution < 1.29 is 22.9 Å². The van der Waals surface area contributed by atoms with Crippen molar-refractivity contribution in [2.75, 3.05) is 7.05 Å². The molecule has 10 heteroatoms. The number of alkyl halides is 3. The molecule has 0 saturated heterocycles. The van der Waals surface area contributed by atoms with Crippen LogP contribution in [0, 0.1) is 10.1 Å². The Kier molecular flexibility index (Phi) is 4.64. The summed E-state index contributed by atoms with van der Waals surface area (Å²) < 4.78 is 37.4. The first-order valence-corrected chi connectivity index (χ1v) is 7.08. The second-order valence-electron chi connectivity index (χ2n) is 4.59. The van der Waals surface area contributed by atoms with Crippen molar-refractivity contribution in [2.45, 2.75) is 12.7 Å². The van der Waals surface area contributed by atoms with E-state index in [1.807, 2.05) is 0 Å². The van der Waals surface area contributed by atoms with Crippen LogP contribution in [-0.2, 0) is 12.7 Å². The Balaban J connectivity index is 2.08. The molecule has 0 atom stereocenters. The van der Waals surface area contributed by atoms with Gasteiger partial charge in [0, 0.05) is 30.1 Å². The number of carbonyl (C=O) groups is 1. The Labute approximate surface area is 132 Å². The fraction of sp³-hybridized carbons (Fsp3) is 0.231. The third-order valence-electron chi connectivity index (χ3n) is 2.89. The number of hydrogen-bond acceptors (Lipinski definition) is 5. The van der Waals surface area contributed by atoms with Crippen molar-refractivity contribution >= 4 is 22.9 Å². The summed E-state index contributed by atoms with van der Waals surface area (Å²) in [5.41, 5.74) is -0.946. The van der Waals surface area contributed by atoms with Crippen LogP contribution in [0.5, 0.6) is 0 Å². The molecule has 2 aromatic rings. The molecule has 0 aliphatic rings. The van der Waals surface area contributed by atoms with Crippen LogP contribution in [0.15, 0.2) is 29.6 Å². The molecule has 0 spiro atoms. The van der Waals surface area contributed by atoms with Gasteiger partial charge in [-0.2, -0.15) is 13.2 Å². The third kappa shape index (κ3) is 4.03. The highest BCUT2D eigenvalue weighted by Gasteiger charge is 2.33. The number of rotatable bonds is 4. The molecule has 0 aliphatic heterocycles. The number of amides is 1. The van der Waals surface area contributed by atoms with E-state index in [1.165, 1.54) is 36.2 Å². The average Bonchev–Trinajstić information content (AvgIpc) is 2.95. The first kappa shape index (κ1) is 16.9. The number of aromatic nitrogens is 1. The van der Waals surface area contributed by atoms with E-state index in [4.69, 9.17) is 0 Å². The van der Waals surface area contributed by atoms with Crippen LogP contribution in [0.1, 0.15) is 21.1 Å². The summed E-state index contributed by atoms with van der Waals surface area (Å²) in [6.07, 6.45) is -4.52. The molecular weight excluding hydrogens is 335 g/mol. The number of nitro benzene ring substituents is 1. The van der Waals surface area contributed by atoms with Gasteiger partial charge < -0.3 is 4.90 Å². The summed E-state index contributed by atoms with van der Waals surface area (Å²) in [4.78, 5) is 26.7. The minimum Gasteiger partial charge on any atom is -0.335 e. The summed E-state index contributed by atoms with van der Waals surface area (Å²) >= 11 is 0.809. The van der Waals surface area contributed by atoms with Gasteiger partial charge in [-0.1, -0.05) is 0 Å². The molecule has 1 aromatic heterocycles. The lowest BCUT2D eigenvalue weighted by Gasteiger charge is -2.15. The third-order valence-corrected chi connectivity index (χ3v) is 3.72. The van der Waals surface area contributed by atoms with Crippen molar-refractivity contribution in [3.63, 3.8) is 0 Å². The maximum Gasteiger partial charge on any atom is 0.434 e. The molecule has 0 N–H and O–H groups in total. The first-order chi connectivity index (χ1) is 10.7. The Bertz CT molecular complexity index is 728. The van der Waals surface area contributed by atoms with Gasteiger partial charge in [-0.3, -0.25) is 14.9 Å². The second kappa shape index (κ2) is 6.32. The summed E-state index contributed by atoms with van der Waals surface area (Å²) in [6.45, 7) is -0.0867. The molecule has 1 aromatic carbocycles. The molecule has 6 nitrogen and oxygen atoms in total. The summed E-state index contributed by atoms with van der Waals surface area (Å²) in [7, 11) is 1.42. The van der Waals surface area contributed by atoms with E-state index in [1.54, 1.807) is 0 Å². The predicted octanol–water partition coefficient (Wildman–Crippen LogP) is 3.34. The van der Waals surface area contributed by atoms with E-state index in [9.17, 15) is 28.1 Å². The highest BCUT2D eigenvalue weighted by atomic mass is 32.1. The van der Waals surface area contributed by atoms with Gasteiger partial charge in [0.15, 0.2) is 5.69 Å². The van der Waals surface area contributed by atoms with E-state index in [0.29, 0.717) is 0 Å². The smallest absolute Gasteiger partial charge is 0.335 e. The van der Waals surface area contributed by atoms with Crippen LogP contribution in [0.3, 0.4) is 0 Å². The number of nitro groups is 1. The topological polar surface area (TPSA) is 76.3 Å². The first-order valence-electron chi connectivity index (χ1n) is 6.20. The van der Waals surface area contributed by atoms with Crippen LogP contribution >= 0.6 is 11.3 Å². The number of carbonyl (C=O) groups excluding carboxylic acids is 1. The largest absolute Gasteiger partial charge is 0.434 e. The molecular formula is C13H10F3N3O3S. The number of nitrogens with zero attached hydrogens (tertiary/aromatic N) is 3. The maximum atomic E-state index is 12.5.